The number of carbonyl (C=O) groups excluding carboxylic acids is 1. The molecule has 1 amide bonds. The van der Waals surface area contributed by atoms with E-state index in [1.807, 2.05) is 11.8 Å². The first-order valence-corrected chi connectivity index (χ1v) is 6.03. The normalized spacial score (nSPS) is 22.2. The maximum atomic E-state index is 11.9. The molecule has 1 aliphatic rings. The number of carbonyl (C=O) groups is 1. The predicted molar refractivity (Wildman–Crippen MR) is 64.4 cm³/mol. The van der Waals surface area contributed by atoms with Gasteiger partial charge in [0, 0.05) is 31.6 Å². The zero-order valence-corrected chi connectivity index (χ0v) is 10.9. The lowest BCUT2D eigenvalue weighted by molar-refractivity contribution is -0.138. The molecule has 0 aliphatic carbocycles. The van der Waals surface area contributed by atoms with Crippen LogP contribution in [0, 0.1) is 0 Å². The Balaban J connectivity index is 2.24. The van der Waals surface area contributed by atoms with Crippen LogP contribution in [-0.4, -0.2) is 48.7 Å². The van der Waals surface area contributed by atoms with Crippen LogP contribution in [0.4, 0.5) is 0 Å². The first kappa shape index (κ1) is 13.5. The monoisotopic (exact) mass is 228 g/mol. The van der Waals surface area contributed by atoms with Crippen LogP contribution in [0.1, 0.15) is 34.1 Å². The molecule has 0 saturated carbocycles. The van der Waals surface area contributed by atoms with Gasteiger partial charge in [-0.05, 0) is 27.7 Å². The summed E-state index contributed by atoms with van der Waals surface area (Å²) in [7, 11) is 0. The van der Waals surface area contributed by atoms with Gasteiger partial charge in [0.15, 0.2) is 0 Å². The Morgan fingerprint density at radius 1 is 1.50 bits per heavy atom. The Morgan fingerprint density at radius 3 is 2.75 bits per heavy atom. The third-order valence-corrected chi connectivity index (χ3v) is 2.59. The van der Waals surface area contributed by atoms with Gasteiger partial charge >= 0.3 is 0 Å². The highest BCUT2D eigenvalue weighted by Crippen LogP contribution is 2.06. The van der Waals surface area contributed by atoms with Gasteiger partial charge in [0.25, 0.3) is 0 Å². The molecule has 0 aromatic rings. The van der Waals surface area contributed by atoms with E-state index in [0.717, 1.165) is 19.6 Å². The predicted octanol–water partition coefficient (Wildman–Crippen LogP) is 1.01. The van der Waals surface area contributed by atoms with E-state index in [4.69, 9.17) is 4.74 Å². The van der Waals surface area contributed by atoms with E-state index >= 15 is 0 Å². The Morgan fingerprint density at radius 2 is 2.19 bits per heavy atom. The highest BCUT2D eigenvalue weighted by molar-refractivity contribution is 5.76. The van der Waals surface area contributed by atoms with Crippen molar-refractivity contribution < 1.29 is 9.53 Å². The molecular formula is C12H24N2O2. The summed E-state index contributed by atoms with van der Waals surface area (Å²) in [6.45, 7) is 11.2. The Kier molecular flexibility index (Phi) is 4.74. The topological polar surface area (TPSA) is 41.6 Å². The standard InChI is InChI=1S/C12H24N2O2/c1-10-9-14(7-8-16-10)11(15)5-6-13-12(2,3)4/h10,13H,5-9H2,1-4H3. The molecule has 1 saturated heterocycles. The lowest BCUT2D eigenvalue weighted by atomic mass is 10.1. The van der Waals surface area contributed by atoms with Crippen LogP contribution in [0.2, 0.25) is 0 Å². The average molecular weight is 228 g/mol. The molecule has 0 radical (unpaired) electrons. The quantitative estimate of drug-likeness (QED) is 0.784. The Bertz CT molecular complexity index is 236. The smallest absolute Gasteiger partial charge is 0.224 e. The second-order valence-electron chi connectivity index (χ2n) is 5.45. The van der Waals surface area contributed by atoms with Crippen LogP contribution in [0.15, 0.2) is 0 Å². The van der Waals surface area contributed by atoms with E-state index in [-0.39, 0.29) is 17.6 Å². The second-order valence-corrected chi connectivity index (χ2v) is 5.45. The number of hydrogen-bond donors (Lipinski definition) is 1. The van der Waals surface area contributed by atoms with Crippen molar-refractivity contribution in [2.75, 3.05) is 26.2 Å². The molecule has 1 fully saturated rings. The fraction of sp³-hybridized carbons (Fsp3) is 0.917. The van der Waals surface area contributed by atoms with Gasteiger partial charge in [-0.25, -0.2) is 0 Å². The lowest BCUT2D eigenvalue weighted by Crippen LogP contribution is -2.46. The summed E-state index contributed by atoms with van der Waals surface area (Å²) in [5, 5.41) is 3.32. The number of nitrogens with zero attached hydrogens (tertiary/aromatic N) is 1. The first-order chi connectivity index (χ1) is 7.38. The molecule has 1 aliphatic heterocycles. The van der Waals surface area contributed by atoms with Crippen molar-refractivity contribution >= 4 is 5.91 Å². The number of amides is 1. The molecule has 1 unspecified atom stereocenters. The van der Waals surface area contributed by atoms with Gasteiger partial charge < -0.3 is 15.0 Å². The number of morpholine rings is 1. The summed E-state index contributed by atoms with van der Waals surface area (Å²) in [5.41, 5.74) is 0.0819. The molecule has 0 spiro atoms. The molecule has 1 heterocycles. The maximum Gasteiger partial charge on any atom is 0.224 e. The molecule has 0 aromatic carbocycles. The van der Waals surface area contributed by atoms with Crippen LogP contribution in [0.3, 0.4) is 0 Å². The SMILES string of the molecule is CC1CN(C(=O)CCNC(C)(C)C)CCO1. The summed E-state index contributed by atoms with van der Waals surface area (Å²) in [6.07, 6.45) is 0.748. The molecule has 94 valence electrons. The highest BCUT2D eigenvalue weighted by atomic mass is 16.5. The minimum Gasteiger partial charge on any atom is -0.375 e. The fourth-order valence-electron chi connectivity index (χ4n) is 1.75. The lowest BCUT2D eigenvalue weighted by Gasteiger charge is -2.31. The first-order valence-electron chi connectivity index (χ1n) is 6.03. The van der Waals surface area contributed by atoms with E-state index in [1.54, 1.807) is 0 Å². The Hall–Kier alpha value is -0.610. The highest BCUT2D eigenvalue weighted by Gasteiger charge is 2.21. The van der Waals surface area contributed by atoms with Crippen molar-refractivity contribution in [2.24, 2.45) is 0 Å². The molecule has 4 heteroatoms. The number of hydrogen-bond acceptors (Lipinski definition) is 3. The van der Waals surface area contributed by atoms with Crippen molar-refractivity contribution in [3.05, 3.63) is 0 Å². The molecule has 0 bridgehead atoms. The van der Waals surface area contributed by atoms with E-state index < -0.39 is 0 Å². The average Bonchev–Trinajstić information content (AvgIpc) is 2.15. The molecule has 1 atom stereocenters. The summed E-state index contributed by atoms with van der Waals surface area (Å²) < 4.78 is 5.41. The summed E-state index contributed by atoms with van der Waals surface area (Å²) in [6, 6.07) is 0. The van der Waals surface area contributed by atoms with Crippen molar-refractivity contribution in [2.45, 2.75) is 45.8 Å². The molecular weight excluding hydrogens is 204 g/mol. The summed E-state index contributed by atoms with van der Waals surface area (Å²) >= 11 is 0. The van der Waals surface area contributed by atoms with Gasteiger partial charge in [0.1, 0.15) is 0 Å². The van der Waals surface area contributed by atoms with E-state index in [1.165, 1.54) is 0 Å². The van der Waals surface area contributed by atoms with Crippen LogP contribution in [0.5, 0.6) is 0 Å². The van der Waals surface area contributed by atoms with E-state index in [9.17, 15) is 4.79 Å². The second kappa shape index (κ2) is 5.64. The van der Waals surface area contributed by atoms with Crippen LogP contribution < -0.4 is 5.32 Å². The van der Waals surface area contributed by atoms with E-state index in [0.29, 0.717) is 13.0 Å². The third kappa shape index (κ3) is 4.94. The van der Waals surface area contributed by atoms with Crippen LogP contribution in [-0.2, 0) is 9.53 Å². The zero-order chi connectivity index (χ0) is 12.2. The van der Waals surface area contributed by atoms with Gasteiger partial charge in [-0.15, -0.1) is 0 Å². The molecule has 16 heavy (non-hydrogen) atoms. The van der Waals surface area contributed by atoms with Crippen molar-refractivity contribution in [1.29, 1.82) is 0 Å². The third-order valence-electron chi connectivity index (χ3n) is 2.59. The summed E-state index contributed by atoms with van der Waals surface area (Å²) in [5.74, 6) is 0.229. The largest absolute Gasteiger partial charge is 0.375 e. The van der Waals surface area contributed by atoms with Crippen molar-refractivity contribution in [3.8, 4) is 0 Å². The molecule has 4 nitrogen and oxygen atoms in total. The fourth-order valence-corrected chi connectivity index (χ4v) is 1.75. The minimum absolute atomic E-state index is 0.0819. The molecule has 0 aromatic heterocycles. The van der Waals surface area contributed by atoms with Gasteiger partial charge in [-0.1, -0.05) is 0 Å². The summed E-state index contributed by atoms with van der Waals surface area (Å²) in [4.78, 5) is 13.8. The van der Waals surface area contributed by atoms with Gasteiger partial charge in [0.05, 0.1) is 12.7 Å². The minimum atomic E-state index is 0.0819. The molecule has 1 rings (SSSR count). The van der Waals surface area contributed by atoms with Crippen molar-refractivity contribution in [1.82, 2.24) is 10.2 Å². The number of nitrogens with one attached hydrogen (secondary N) is 1. The van der Waals surface area contributed by atoms with Crippen LogP contribution in [0.25, 0.3) is 0 Å². The van der Waals surface area contributed by atoms with Gasteiger partial charge in [0.2, 0.25) is 5.91 Å². The van der Waals surface area contributed by atoms with Crippen LogP contribution >= 0.6 is 0 Å². The maximum absolute atomic E-state index is 11.9. The van der Waals surface area contributed by atoms with Gasteiger partial charge in [-0.3, -0.25) is 4.79 Å². The van der Waals surface area contributed by atoms with Crippen molar-refractivity contribution in [3.63, 3.8) is 0 Å². The Labute approximate surface area is 98.3 Å². The van der Waals surface area contributed by atoms with Gasteiger partial charge in [-0.2, -0.15) is 0 Å². The number of rotatable bonds is 3. The van der Waals surface area contributed by atoms with E-state index in [2.05, 4.69) is 26.1 Å². The zero-order valence-electron chi connectivity index (χ0n) is 10.9. The number of ether oxygens (including phenoxy) is 1. The molecule has 1 N–H and O–H groups in total.